The molecular weight excluding hydrogens is 288 g/mol. The largest absolute Gasteiger partial charge is 0.476 e. The van der Waals surface area contributed by atoms with E-state index in [1.807, 2.05) is 36.9 Å². The van der Waals surface area contributed by atoms with Crippen molar-refractivity contribution >= 4 is 11.6 Å². The van der Waals surface area contributed by atoms with Crippen molar-refractivity contribution in [1.29, 1.82) is 0 Å². The summed E-state index contributed by atoms with van der Waals surface area (Å²) < 4.78 is 5.93. The molecule has 0 bridgehead atoms. The Kier molecular flexibility index (Phi) is 5.35. The SMILES string of the molecule is CCCCCN1C(=O)C(C)(C)Oc2ccc(C(N)C(C)C)cc21. The van der Waals surface area contributed by atoms with E-state index >= 15 is 0 Å². The maximum absolute atomic E-state index is 12.8. The van der Waals surface area contributed by atoms with Crippen molar-refractivity contribution in [3.63, 3.8) is 0 Å². The lowest BCUT2D eigenvalue weighted by atomic mass is 9.95. The van der Waals surface area contributed by atoms with Gasteiger partial charge in [-0.05, 0) is 43.9 Å². The number of anilines is 1. The number of ether oxygens (including phenoxy) is 1. The maximum Gasteiger partial charge on any atom is 0.270 e. The predicted molar refractivity (Wildman–Crippen MR) is 94.8 cm³/mol. The second kappa shape index (κ2) is 6.91. The molecule has 0 spiro atoms. The van der Waals surface area contributed by atoms with Crippen molar-refractivity contribution in [2.75, 3.05) is 11.4 Å². The van der Waals surface area contributed by atoms with Gasteiger partial charge in [-0.25, -0.2) is 0 Å². The molecule has 0 saturated carbocycles. The van der Waals surface area contributed by atoms with Crippen LogP contribution in [0.4, 0.5) is 5.69 Å². The van der Waals surface area contributed by atoms with Crippen LogP contribution in [-0.2, 0) is 4.79 Å². The molecular formula is C19H30N2O2. The summed E-state index contributed by atoms with van der Waals surface area (Å²) in [5.74, 6) is 1.14. The Morgan fingerprint density at radius 2 is 1.96 bits per heavy atom. The van der Waals surface area contributed by atoms with E-state index in [0.717, 1.165) is 42.8 Å². The van der Waals surface area contributed by atoms with Crippen LogP contribution in [0.1, 0.15) is 65.5 Å². The van der Waals surface area contributed by atoms with Gasteiger partial charge in [-0.2, -0.15) is 0 Å². The van der Waals surface area contributed by atoms with E-state index < -0.39 is 5.60 Å². The molecule has 4 nitrogen and oxygen atoms in total. The number of fused-ring (bicyclic) bond motifs is 1. The van der Waals surface area contributed by atoms with Crippen molar-refractivity contribution in [2.45, 2.75) is 65.5 Å². The van der Waals surface area contributed by atoms with Gasteiger partial charge in [0.25, 0.3) is 5.91 Å². The van der Waals surface area contributed by atoms with Gasteiger partial charge in [-0.1, -0.05) is 39.7 Å². The second-order valence-electron chi connectivity index (χ2n) is 7.27. The summed E-state index contributed by atoms with van der Waals surface area (Å²) in [5, 5.41) is 0. The van der Waals surface area contributed by atoms with Crippen LogP contribution < -0.4 is 15.4 Å². The van der Waals surface area contributed by atoms with E-state index in [4.69, 9.17) is 10.5 Å². The molecule has 2 rings (SSSR count). The Hall–Kier alpha value is -1.55. The molecule has 1 atom stereocenters. The van der Waals surface area contributed by atoms with Gasteiger partial charge in [0.1, 0.15) is 5.75 Å². The van der Waals surface area contributed by atoms with Crippen LogP contribution in [0.2, 0.25) is 0 Å². The highest BCUT2D eigenvalue weighted by atomic mass is 16.5. The molecule has 0 aromatic heterocycles. The highest BCUT2D eigenvalue weighted by Crippen LogP contribution is 2.39. The Morgan fingerprint density at radius 1 is 1.26 bits per heavy atom. The van der Waals surface area contributed by atoms with E-state index in [2.05, 4.69) is 20.8 Å². The number of nitrogens with zero attached hydrogens (tertiary/aromatic N) is 1. The summed E-state index contributed by atoms with van der Waals surface area (Å²) in [4.78, 5) is 14.7. The average Bonchev–Trinajstić information content (AvgIpc) is 2.49. The molecule has 1 aliphatic heterocycles. The third kappa shape index (κ3) is 3.69. The Bertz CT molecular complexity index is 566. The van der Waals surface area contributed by atoms with Gasteiger partial charge in [0.15, 0.2) is 5.60 Å². The maximum atomic E-state index is 12.8. The molecule has 1 aliphatic rings. The Labute approximate surface area is 140 Å². The summed E-state index contributed by atoms with van der Waals surface area (Å²) >= 11 is 0. The van der Waals surface area contributed by atoms with Crippen LogP contribution in [0.15, 0.2) is 18.2 Å². The summed E-state index contributed by atoms with van der Waals surface area (Å²) in [6.07, 6.45) is 3.25. The van der Waals surface area contributed by atoms with Crippen molar-refractivity contribution in [1.82, 2.24) is 0 Å². The Balaban J connectivity index is 2.38. The number of hydrogen-bond donors (Lipinski definition) is 1. The topological polar surface area (TPSA) is 55.6 Å². The Morgan fingerprint density at radius 3 is 2.57 bits per heavy atom. The van der Waals surface area contributed by atoms with E-state index in [-0.39, 0.29) is 11.9 Å². The number of benzene rings is 1. The first kappa shape index (κ1) is 17.8. The van der Waals surface area contributed by atoms with Crippen LogP contribution in [-0.4, -0.2) is 18.1 Å². The molecule has 1 aromatic rings. The predicted octanol–water partition coefficient (Wildman–Crippen LogP) is 4.04. The molecule has 1 unspecified atom stereocenters. The van der Waals surface area contributed by atoms with E-state index in [0.29, 0.717) is 5.92 Å². The van der Waals surface area contributed by atoms with Gasteiger partial charge in [-0.3, -0.25) is 4.79 Å². The fourth-order valence-corrected chi connectivity index (χ4v) is 2.92. The molecule has 0 saturated heterocycles. The molecule has 4 heteroatoms. The number of amides is 1. The van der Waals surface area contributed by atoms with Crippen LogP contribution >= 0.6 is 0 Å². The van der Waals surface area contributed by atoms with Crippen molar-refractivity contribution < 1.29 is 9.53 Å². The summed E-state index contributed by atoms with van der Waals surface area (Å²) in [7, 11) is 0. The first-order valence-corrected chi connectivity index (χ1v) is 8.68. The van der Waals surface area contributed by atoms with Crippen molar-refractivity contribution in [3.8, 4) is 5.75 Å². The smallest absolute Gasteiger partial charge is 0.270 e. The highest BCUT2D eigenvalue weighted by Gasteiger charge is 2.40. The van der Waals surface area contributed by atoms with Gasteiger partial charge < -0.3 is 15.4 Å². The number of carbonyl (C=O) groups excluding carboxylic acids is 1. The minimum absolute atomic E-state index is 0.0244. The first-order valence-electron chi connectivity index (χ1n) is 8.68. The molecule has 1 heterocycles. The number of nitrogens with two attached hydrogens (primary N) is 1. The fraction of sp³-hybridized carbons (Fsp3) is 0.632. The molecule has 0 aliphatic carbocycles. The average molecular weight is 318 g/mol. The number of carbonyl (C=O) groups is 1. The summed E-state index contributed by atoms with van der Waals surface area (Å²) in [6.45, 7) is 10.8. The molecule has 0 fully saturated rings. The zero-order valence-electron chi connectivity index (χ0n) is 15.1. The molecule has 1 aromatic carbocycles. The van der Waals surface area contributed by atoms with Gasteiger partial charge in [0.2, 0.25) is 0 Å². The third-order valence-electron chi connectivity index (χ3n) is 4.49. The zero-order valence-corrected chi connectivity index (χ0v) is 15.1. The quantitative estimate of drug-likeness (QED) is 0.805. The molecule has 23 heavy (non-hydrogen) atoms. The van der Waals surface area contributed by atoms with E-state index in [1.54, 1.807) is 0 Å². The number of rotatable bonds is 6. The van der Waals surface area contributed by atoms with Gasteiger partial charge >= 0.3 is 0 Å². The lowest BCUT2D eigenvalue weighted by Gasteiger charge is -2.39. The zero-order chi connectivity index (χ0) is 17.2. The standard InChI is InChI=1S/C19H30N2O2/c1-6-7-8-11-21-15-12-14(17(20)13(2)3)9-10-16(15)23-19(4,5)18(21)22/h9-10,12-13,17H,6-8,11,20H2,1-5H3. The van der Waals surface area contributed by atoms with Crippen LogP contribution in [0, 0.1) is 5.92 Å². The second-order valence-corrected chi connectivity index (χ2v) is 7.27. The lowest BCUT2D eigenvalue weighted by Crippen LogP contribution is -2.52. The minimum atomic E-state index is -0.819. The van der Waals surface area contributed by atoms with E-state index in [1.165, 1.54) is 0 Å². The van der Waals surface area contributed by atoms with Crippen molar-refractivity contribution in [2.24, 2.45) is 11.7 Å². The first-order chi connectivity index (χ1) is 10.8. The minimum Gasteiger partial charge on any atom is -0.476 e. The van der Waals surface area contributed by atoms with Crippen LogP contribution in [0.3, 0.4) is 0 Å². The normalized spacial score (nSPS) is 17.9. The van der Waals surface area contributed by atoms with Gasteiger partial charge in [0.05, 0.1) is 5.69 Å². The number of unbranched alkanes of at least 4 members (excludes halogenated alkanes) is 2. The van der Waals surface area contributed by atoms with Crippen LogP contribution in [0.25, 0.3) is 0 Å². The monoisotopic (exact) mass is 318 g/mol. The van der Waals surface area contributed by atoms with Gasteiger partial charge in [-0.15, -0.1) is 0 Å². The molecule has 1 amide bonds. The molecule has 2 N–H and O–H groups in total. The summed E-state index contributed by atoms with van der Waals surface area (Å²) in [5.41, 5.74) is 7.37. The highest BCUT2D eigenvalue weighted by molar-refractivity contribution is 6.02. The van der Waals surface area contributed by atoms with Crippen LogP contribution in [0.5, 0.6) is 5.75 Å². The molecule has 128 valence electrons. The third-order valence-corrected chi connectivity index (χ3v) is 4.49. The van der Waals surface area contributed by atoms with Crippen molar-refractivity contribution in [3.05, 3.63) is 23.8 Å². The molecule has 0 radical (unpaired) electrons. The summed E-state index contributed by atoms with van der Waals surface area (Å²) in [6, 6.07) is 5.95. The van der Waals surface area contributed by atoms with Gasteiger partial charge in [0, 0.05) is 12.6 Å². The lowest BCUT2D eigenvalue weighted by molar-refractivity contribution is -0.132. The van der Waals surface area contributed by atoms with E-state index in [9.17, 15) is 4.79 Å². The fourth-order valence-electron chi connectivity index (χ4n) is 2.92. The number of hydrogen-bond acceptors (Lipinski definition) is 3.